The van der Waals surface area contributed by atoms with E-state index in [1.54, 1.807) is 23.6 Å². The molecule has 3 rings (SSSR count). The van der Waals surface area contributed by atoms with E-state index in [-0.39, 0.29) is 42.4 Å². The summed E-state index contributed by atoms with van der Waals surface area (Å²) in [7, 11) is 1.35. The maximum Gasteiger partial charge on any atom is 0.416 e. The van der Waals surface area contributed by atoms with Crippen molar-refractivity contribution in [3.63, 3.8) is 0 Å². The fourth-order valence-corrected chi connectivity index (χ4v) is 5.85. The summed E-state index contributed by atoms with van der Waals surface area (Å²) in [6.07, 6.45) is -7.33. The lowest BCUT2D eigenvalue weighted by molar-refractivity contribution is -0.143. The lowest BCUT2D eigenvalue weighted by Gasteiger charge is -2.47. The van der Waals surface area contributed by atoms with Crippen LogP contribution < -0.4 is 0 Å². The molecular weight excluding hydrogens is 593 g/mol. The Labute approximate surface area is 254 Å². The van der Waals surface area contributed by atoms with E-state index in [2.05, 4.69) is 4.90 Å². The molecule has 3 amide bonds. The summed E-state index contributed by atoms with van der Waals surface area (Å²) in [5, 5.41) is 0. The van der Waals surface area contributed by atoms with Gasteiger partial charge in [0.1, 0.15) is 0 Å². The van der Waals surface area contributed by atoms with E-state index in [1.165, 1.54) is 27.0 Å². The van der Waals surface area contributed by atoms with Gasteiger partial charge in [-0.15, -0.1) is 0 Å². The van der Waals surface area contributed by atoms with E-state index in [0.29, 0.717) is 56.7 Å². The molecule has 246 valence electrons. The van der Waals surface area contributed by atoms with Gasteiger partial charge < -0.3 is 14.7 Å². The molecular formula is C31H41F7N4O2. The fourth-order valence-electron chi connectivity index (χ4n) is 5.85. The molecule has 0 bridgehead atoms. The molecule has 2 aliphatic heterocycles. The van der Waals surface area contributed by atoms with Crippen molar-refractivity contribution in [1.82, 2.24) is 19.6 Å². The second-order valence-corrected chi connectivity index (χ2v) is 11.6. The van der Waals surface area contributed by atoms with Crippen molar-refractivity contribution < 1.29 is 40.3 Å². The number of rotatable bonds is 6. The lowest BCUT2D eigenvalue weighted by Crippen LogP contribution is -2.58. The zero-order chi connectivity index (χ0) is 33.1. The summed E-state index contributed by atoms with van der Waals surface area (Å²) in [5.41, 5.74) is -1.81. The Morgan fingerprint density at radius 1 is 0.955 bits per heavy atom. The number of urea groups is 1. The largest absolute Gasteiger partial charge is 0.416 e. The normalized spacial score (nSPS) is 22.1. The molecule has 0 aliphatic carbocycles. The number of halogens is 7. The summed E-state index contributed by atoms with van der Waals surface area (Å²) >= 11 is 0. The number of alkyl halides is 6. The quantitative estimate of drug-likeness (QED) is 0.242. The van der Waals surface area contributed by atoms with Gasteiger partial charge in [-0.1, -0.05) is 6.92 Å². The number of carbonyl (C=O) groups is 2. The predicted octanol–water partition coefficient (Wildman–Crippen LogP) is 7.43. The van der Waals surface area contributed by atoms with E-state index >= 15 is 0 Å². The number of amides is 3. The molecule has 3 atom stereocenters. The van der Waals surface area contributed by atoms with E-state index in [4.69, 9.17) is 0 Å². The first-order valence-corrected chi connectivity index (χ1v) is 14.7. The molecule has 2 heterocycles. The summed E-state index contributed by atoms with van der Waals surface area (Å²) < 4.78 is 95.3. The standard InChI is InChI=1S/C31H41F7N4O2/c1-7-26(32)14-19(2)20(3)28-18-27(41-12-10-40(11-13-41)22(5)43)8-9-42(28)29(44)39(6)21(4)23-15-24(30(33,34)35)17-25(16-23)31(36,37)38/h14-17,21,27-28H,7-13,18H2,1-6H3. The number of likely N-dealkylation sites (tertiary alicyclic amines) is 1. The Morgan fingerprint density at radius 2 is 1.50 bits per heavy atom. The number of benzene rings is 1. The number of hydrogen-bond acceptors (Lipinski definition) is 3. The molecule has 1 aromatic carbocycles. The van der Waals surface area contributed by atoms with Gasteiger partial charge in [0, 0.05) is 52.7 Å². The van der Waals surface area contributed by atoms with Crippen LogP contribution in [0.3, 0.4) is 0 Å². The van der Waals surface area contributed by atoms with Gasteiger partial charge in [0.25, 0.3) is 0 Å². The molecule has 3 unspecified atom stereocenters. The number of hydrogen-bond donors (Lipinski definition) is 0. The van der Waals surface area contributed by atoms with E-state index in [9.17, 15) is 40.3 Å². The van der Waals surface area contributed by atoms with Crippen molar-refractivity contribution in [2.75, 3.05) is 39.8 Å². The maximum atomic E-state index is 14.2. The minimum atomic E-state index is -5.01. The number of allylic oxidation sites excluding steroid dienone is 3. The maximum absolute atomic E-state index is 14.2. The predicted molar refractivity (Wildman–Crippen MR) is 153 cm³/mol. The summed E-state index contributed by atoms with van der Waals surface area (Å²) in [4.78, 5) is 32.5. The van der Waals surface area contributed by atoms with Crippen LogP contribution in [0.1, 0.15) is 76.6 Å². The Hall–Kier alpha value is -3.09. The van der Waals surface area contributed by atoms with Crippen LogP contribution in [0.4, 0.5) is 35.5 Å². The van der Waals surface area contributed by atoms with Gasteiger partial charge in [0.05, 0.1) is 29.0 Å². The minimum absolute atomic E-state index is 0.00219. The van der Waals surface area contributed by atoms with Crippen LogP contribution in [-0.2, 0) is 17.1 Å². The average molecular weight is 635 g/mol. The zero-order valence-corrected chi connectivity index (χ0v) is 25.9. The highest BCUT2D eigenvalue weighted by molar-refractivity contribution is 5.76. The smallest absolute Gasteiger partial charge is 0.340 e. The van der Waals surface area contributed by atoms with Crippen molar-refractivity contribution in [3.05, 3.63) is 57.9 Å². The van der Waals surface area contributed by atoms with Crippen molar-refractivity contribution in [2.45, 2.75) is 84.4 Å². The first-order chi connectivity index (χ1) is 20.3. The molecule has 2 fully saturated rings. The monoisotopic (exact) mass is 634 g/mol. The number of piperidine rings is 1. The third-order valence-corrected chi connectivity index (χ3v) is 8.90. The Bertz CT molecular complexity index is 1230. The van der Waals surface area contributed by atoms with Crippen LogP contribution in [-0.4, -0.2) is 83.4 Å². The van der Waals surface area contributed by atoms with Crippen molar-refractivity contribution in [1.29, 1.82) is 0 Å². The number of piperazine rings is 1. The second kappa shape index (κ2) is 13.9. The van der Waals surface area contributed by atoms with Gasteiger partial charge in [-0.25, -0.2) is 9.18 Å². The second-order valence-electron chi connectivity index (χ2n) is 11.6. The number of nitrogens with zero attached hydrogens (tertiary/aromatic N) is 4. The molecule has 6 nitrogen and oxygen atoms in total. The van der Waals surface area contributed by atoms with Gasteiger partial charge >= 0.3 is 18.4 Å². The van der Waals surface area contributed by atoms with Crippen LogP contribution in [0.15, 0.2) is 41.2 Å². The Balaban J connectivity index is 1.93. The van der Waals surface area contributed by atoms with Crippen LogP contribution in [0.25, 0.3) is 0 Å². The highest BCUT2D eigenvalue weighted by Gasteiger charge is 2.40. The summed E-state index contributed by atoms with van der Waals surface area (Å²) in [6, 6.07) is -0.762. The summed E-state index contributed by atoms with van der Waals surface area (Å²) in [6.45, 7) is 10.9. The Kier molecular flexibility index (Phi) is 11.2. The van der Waals surface area contributed by atoms with E-state index < -0.39 is 41.6 Å². The molecule has 0 saturated carbocycles. The summed E-state index contributed by atoms with van der Waals surface area (Å²) in [5.74, 6) is -0.328. The molecule has 0 spiro atoms. The SMILES string of the molecule is CCC(F)=CC(C)=C(C)C1CC(N2CCN(C(C)=O)CC2)CCN1C(=O)N(C)C(C)c1cc(C(F)(F)F)cc(C(F)(F)F)c1. The molecule has 13 heteroatoms. The molecule has 2 aliphatic rings. The van der Waals surface area contributed by atoms with Crippen molar-refractivity contribution >= 4 is 11.9 Å². The third-order valence-electron chi connectivity index (χ3n) is 8.90. The molecule has 1 aromatic rings. The van der Waals surface area contributed by atoms with Gasteiger partial charge in [-0.05, 0) is 81.0 Å². The fraction of sp³-hybridized carbons (Fsp3) is 0.613. The first kappa shape index (κ1) is 35.4. The van der Waals surface area contributed by atoms with Crippen LogP contribution >= 0.6 is 0 Å². The Morgan fingerprint density at radius 3 is 1.98 bits per heavy atom. The average Bonchev–Trinajstić information content (AvgIpc) is 2.98. The molecule has 2 saturated heterocycles. The number of carbonyl (C=O) groups excluding carboxylic acids is 2. The third kappa shape index (κ3) is 8.33. The highest BCUT2D eigenvalue weighted by atomic mass is 19.4. The van der Waals surface area contributed by atoms with E-state index in [0.717, 1.165) is 10.5 Å². The van der Waals surface area contributed by atoms with Crippen LogP contribution in [0, 0.1) is 0 Å². The van der Waals surface area contributed by atoms with Crippen molar-refractivity contribution in [2.24, 2.45) is 0 Å². The van der Waals surface area contributed by atoms with Crippen LogP contribution in [0.2, 0.25) is 0 Å². The molecule has 0 N–H and O–H groups in total. The lowest BCUT2D eigenvalue weighted by atomic mass is 9.88. The minimum Gasteiger partial charge on any atom is -0.340 e. The van der Waals surface area contributed by atoms with Crippen LogP contribution in [0.5, 0.6) is 0 Å². The van der Waals surface area contributed by atoms with Gasteiger partial charge in [-0.3, -0.25) is 9.69 Å². The topological polar surface area (TPSA) is 47.1 Å². The molecule has 44 heavy (non-hydrogen) atoms. The highest BCUT2D eigenvalue weighted by Crippen LogP contribution is 2.39. The van der Waals surface area contributed by atoms with Gasteiger partial charge in [0.2, 0.25) is 5.91 Å². The van der Waals surface area contributed by atoms with Gasteiger partial charge in [0.15, 0.2) is 0 Å². The zero-order valence-electron chi connectivity index (χ0n) is 25.9. The first-order valence-electron chi connectivity index (χ1n) is 14.7. The van der Waals surface area contributed by atoms with E-state index in [1.807, 2.05) is 6.92 Å². The van der Waals surface area contributed by atoms with Gasteiger partial charge in [-0.2, -0.15) is 26.3 Å². The molecule has 0 aromatic heterocycles. The van der Waals surface area contributed by atoms with Crippen molar-refractivity contribution in [3.8, 4) is 0 Å². The molecule has 0 radical (unpaired) electrons.